The standard InChI is InChI=1S/C18H25NO4/c1-21-16-4-2-3-13(16)15-11-22-10-8-19(15)18(20)14-7-9-23-17(14)12-5-6-12/h7,9,12-13,15-16H,2-6,8,10-11H2,1H3/t13-,15-,16+/m0/s1. The van der Waals surface area contributed by atoms with Gasteiger partial charge in [0.2, 0.25) is 0 Å². The summed E-state index contributed by atoms with van der Waals surface area (Å²) in [7, 11) is 1.78. The first-order valence-corrected chi connectivity index (χ1v) is 8.78. The Morgan fingerprint density at radius 3 is 2.96 bits per heavy atom. The predicted octanol–water partition coefficient (Wildman–Crippen LogP) is 2.81. The molecule has 2 aliphatic carbocycles. The summed E-state index contributed by atoms with van der Waals surface area (Å²) < 4.78 is 17.0. The highest BCUT2D eigenvalue weighted by Gasteiger charge is 2.42. The second-order valence-electron chi connectivity index (χ2n) is 6.98. The summed E-state index contributed by atoms with van der Waals surface area (Å²) >= 11 is 0. The second-order valence-corrected chi connectivity index (χ2v) is 6.98. The molecular weight excluding hydrogens is 294 g/mol. The molecule has 0 aromatic carbocycles. The largest absolute Gasteiger partial charge is 0.468 e. The van der Waals surface area contributed by atoms with Crippen LogP contribution in [0.2, 0.25) is 0 Å². The van der Waals surface area contributed by atoms with E-state index in [1.165, 1.54) is 6.42 Å². The number of rotatable bonds is 4. The Morgan fingerprint density at radius 2 is 2.17 bits per heavy atom. The molecule has 3 atom stereocenters. The van der Waals surface area contributed by atoms with Crippen molar-refractivity contribution in [3.05, 3.63) is 23.7 Å². The quantitative estimate of drug-likeness (QED) is 0.856. The smallest absolute Gasteiger partial charge is 0.257 e. The van der Waals surface area contributed by atoms with E-state index in [0.29, 0.717) is 31.6 Å². The lowest BCUT2D eigenvalue weighted by molar-refractivity contribution is -0.0461. The molecule has 0 radical (unpaired) electrons. The Balaban J connectivity index is 1.57. The molecule has 2 heterocycles. The summed E-state index contributed by atoms with van der Waals surface area (Å²) in [6.45, 7) is 1.89. The van der Waals surface area contributed by atoms with Crippen LogP contribution in [0.1, 0.15) is 54.1 Å². The van der Waals surface area contributed by atoms with E-state index in [1.807, 2.05) is 11.0 Å². The predicted molar refractivity (Wildman–Crippen MR) is 84.5 cm³/mol. The minimum atomic E-state index is 0.107. The molecule has 0 N–H and O–H groups in total. The van der Waals surface area contributed by atoms with Gasteiger partial charge in [-0.1, -0.05) is 6.42 Å². The van der Waals surface area contributed by atoms with E-state index in [-0.39, 0.29) is 18.1 Å². The molecule has 3 fully saturated rings. The van der Waals surface area contributed by atoms with Gasteiger partial charge in [-0.05, 0) is 31.7 Å². The molecule has 126 valence electrons. The van der Waals surface area contributed by atoms with Gasteiger partial charge in [0.1, 0.15) is 5.76 Å². The fourth-order valence-electron chi connectivity index (χ4n) is 4.23. The van der Waals surface area contributed by atoms with Gasteiger partial charge in [0, 0.05) is 25.5 Å². The molecule has 0 unspecified atom stereocenters. The lowest BCUT2D eigenvalue weighted by Crippen LogP contribution is -2.53. The van der Waals surface area contributed by atoms with E-state index in [1.54, 1.807) is 13.4 Å². The van der Waals surface area contributed by atoms with E-state index < -0.39 is 0 Å². The normalized spacial score (nSPS) is 31.5. The van der Waals surface area contributed by atoms with Crippen molar-refractivity contribution in [1.29, 1.82) is 0 Å². The van der Waals surface area contributed by atoms with Gasteiger partial charge in [-0.2, -0.15) is 0 Å². The topological polar surface area (TPSA) is 51.9 Å². The number of hydrogen-bond donors (Lipinski definition) is 0. The Bertz CT molecular complexity index is 565. The molecule has 1 aromatic rings. The van der Waals surface area contributed by atoms with Crippen LogP contribution in [0.25, 0.3) is 0 Å². The van der Waals surface area contributed by atoms with E-state index >= 15 is 0 Å². The Morgan fingerprint density at radius 1 is 1.30 bits per heavy atom. The molecule has 1 aromatic heterocycles. The van der Waals surface area contributed by atoms with Gasteiger partial charge < -0.3 is 18.8 Å². The lowest BCUT2D eigenvalue weighted by Gasteiger charge is -2.40. The highest BCUT2D eigenvalue weighted by Crippen LogP contribution is 2.43. The number of carbonyl (C=O) groups is 1. The first-order valence-electron chi connectivity index (χ1n) is 8.78. The minimum Gasteiger partial charge on any atom is -0.468 e. The number of nitrogens with zero attached hydrogens (tertiary/aromatic N) is 1. The van der Waals surface area contributed by atoms with E-state index in [9.17, 15) is 4.79 Å². The molecule has 2 saturated carbocycles. The molecule has 5 heteroatoms. The van der Waals surface area contributed by atoms with Crippen LogP contribution in [0.15, 0.2) is 16.7 Å². The number of methoxy groups -OCH3 is 1. The summed E-state index contributed by atoms with van der Waals surface area (Å²) in [6, 6.07) is 1.95. The van der Waals surface area contributed by atoms with Crippen molar-refractivity contribution in [3.63, 3.8) is 0 Å². The van der Waals surface area contributed by atoms with Crippen LogP contribution in [0.4, 0.5) is 0 Å². The molecule has 23 heavy (non-hydrogen) atoms. The third kappa shape index (κ3) is 2.81. The Hall–Kier alpha value is -1.33. The van der Waals surface area contributed by atoms with Crippen LogP contribution in [0.3, 0.4) is 0 Å². The van der Waals surface area contributed by atoms with Gasteiger partial charge in [0.05, 0.1) is 37.2 Å². The molecule has 1 amide bonds. The summed E-state index contributed by atoms with van der Waals surface area (Å²) in [5, 5.41) is 0. The molecular formula is C18H25NO4. The van der Waals surface area contributed by atoms with Gasteiger partial charge in [-0.3, -0.25) is 4.79 Å². The second kappa shape index (κ2) is 6.29. The minimum absolute atomic E-state index is 0.107. The maximum Gasteiger partial charge on any atom is 0.257 e. The lowest BCUT2D eigenvalue weighted by atomic mass is 9.93. The molecule has 5 nitrogen and oxygen atoms in total. The van der Waals surface area contributed by atoms with Crippen LogP contribution in [-0.4, -0.2) is 49.8 Å². The van der Waals surface area contributed by atoms with Crippen molar-refractivity contribution in [2.45, 2.75) is 50.2 Å². The van der Waals surface area contributed by atoms with Crippen LogP contribution >= 0.6 is 0 Å². The number of hydrogen-bond acceptors (Lipinski definition) is 4. The SMILES string of the molecule is CO[C@@H]1CCC[C@H]1[C@@H]1COCCN1C(=O)c1ccoc1C1CC1. The summed E-state index contributed by atoms with van der Waals surface area (Å²) in [5.41, 5.74) is 0.756. The molecule has 4 rings (SSSR count). The number of carbonyl (C=O) groups excluding carboxylic acids is 1. The molecule has 3 aliphatic rings. The van der Waals surface area contributed by atoms with Gasteiger partial charge >= 0.3 is 0 Å². The highest BCUT2D eigenvalue weighted by atomic mass is 16.5. The molecule has 1 saturated heterocycles. The van der Waals surface area contributed by atoms with Gasteiger partial charge in [0.25, 0.3) is 5.91 Å². The average Bonchev–Trinajstić information content (AvgIpc) is 3.14. The number of amides is 1. The fourth-order valence-corrected chi connectivity index (χ4v) is 4.23. The molecule has 0 spiro atoms. The maximum atomic E-state index is 13.1. The van der Waals surface area contributed by atoms with Crippen molar-refractivity contribution >= 4 is 5.91 Å². The van der Waals surface area contributed by atoms with Crippen LogP contribution in [-0.2, 0) is 9.47 Å². The van der Waals surface area contributed by atoms with Crippen LogP contribution in [0.5, 0.6) is 0 Å². The van der Waals surface area contributed by atoms with Gasteiger partial charge in [-0.15, -0.1) is 0 Å². The molecule has 0 bridgehead atoms. The van der Waals surface area contributed by atoms with Crippen molar-refractivity contribution in [3.8, 4) is 0 Å². The zero-order chi connectivity index (χ0) is 15.8. The van der Waals surface area contributed by atoms with Crippen LogP contribution < -0.4 is 0 Å². The summed E-state index contributed by atoms with van der Waals surface area (Å²) in [6.07, 6.45) is 7.52. The third-order valence-electron chi connectivity index (χ3n) is 5.60. The summed E-state index contributed by atoms with van der Waals surface area (Å²) in [5.74, 6) is 1.81. The van der Waals surface area contributed by atoms with Crippen LogP contribution in [0, 0.1) is 5.92 Å². The molecule has 1 aliphatic heterocycles. The maximum absolute atomic E-state index is 13.1. The van der Waals surface area contributed by atoms with Crippen molar-refractivity contribution < 1.29 is 18.7 Å². The Kier molecular flexibility index (Phi) is 4.16. The number of morpholine rings is 1. The fraction of sp³-hybridized carbons (Fsp3) is 0.722. The third-order valence-corrected chi connectivity index (χ3v) is 5.60. The van der Waals surface area contributed by atoms with Crippen molar-refractivity contribution in [1.82, 2.24) is 4.90 Å². The zero-order valence-electron chi connectivity index (χ0n) is 13.7. The first-order chi connectivity index (χ1) is 11.3. The van der Waals surface area contributed by atoms with E-state index in [4.69, 9.17) is 13.9 Å². The van der Waals surface area contributed by atoms with Gasteiger partial charge in [0.15, 0.2) is 0 Å². The van der Waals surface area contributed by atoms with E-state index in [0.717, 1.165) is 37.0 Å². The highest BCUT2D eigenvalue weighted by molar-refractivity contribution is 5.95. The number of furan rings is 1. The first kappa shape index (κ1) is 15.2. The monoisotopic (exact) mass is 319 g/mol. The number of ether oxygens (including phenoxy) is 2. The van der Waals surface area contributed by atoms with Crippen molar-refractivity contribution in [2.75, 3.05) is 26.9 Å². The van der Waals surface area contributed by atoms with Crippen molar-refractivity contribution in [2.24, 2.45) is 5.92 Å². The average molecular weight is 319 g/mol. The van der Waals surface area contributed by atoms with Gasteiger partial charge in [-0.25, -0.2) is 0 Å². The Labute approximate surface area is 136 Å². The van der Waals surface area contributed by atoms with E-state index in [2.05, 4.69) is 0 Å². The summed E-state index contributed by atoms with van der Waals surface area (Å²) in [4.78, 5) is 15.2. The zero-order valence-corrected chi connectivity index (χ0v) is 13.7.